The van der Waals surface area contributed by atoms with Gasteiger partial charge in [-0.25, -0.2) is 0 Å². The first kappa shape index (κ1) is 20.5. The van der Waals surface area contributed by atoms with Gasteiger partial charge in [0.25, 0.3) is 0 Å². The lowest BCUT2D eigenvalue weighted by Crippen LogP contribution is -2.56. The van der Waals surface area contributed by atoms with Gasteiger partial charge in [-0.3, -0.25) is 19.5 Å². The molecule has 2 N–H and O–H groups in total. The number of pyridine rings is 1. The molecule has 152 valence electrons. The highest BCUT2D eigenvalue weighted by molar-refractivity contribution is 5.88. The molecule has 1 unspecified atom stereocenters. The zero-order valence-electron chi connectivity index (χ0n) is 16.5. The highest BCUT2D eigenvalue weighted by Crippen LogP contribution is 2.19. The van der Waals surface area contributed by atoms with Crippen molar-refractivity contribution in [2.24, 2.45) is 0 Å². The summed E-state index contributed by atoms with van der Waals surface area (Å²) in [5.41, 5.74) is 1.90. The summed E-state index contributed by atoms with van der Waals surface area (Å²) in [5.74, 6) is 0.527. The smallest absolute Gasteiger partial charge is 0.237 e. The molecule has 7 nitrogen and oxygen atoms in total. The monoisotopic (exact) mass is 394 g/mol. The Morgan fingerprint density at radius 3 is 3.00 bits per heavy atom. The van der Waals surface area contributed by atoms with Crippen molar-refractivity contribution >= 4 is 17.9 Å². The molecule has 1 aliphatic heterocycles. The number of hydrogen-bond donors (Lipinski definition) is 2. The number of rotatable bonds is 8. The van der Waals surface area contributed by atoms with Crippen LogP contribution in [0.3, 0.4) is 0 Å². The fourth-order valence-corrected chi connectivity index (χ4v) is 3.27. The number of carbonyl (C=O) groups is 2. The van der Waals surface area contributed by atoms with E-state index in [0.29, 0.717) is 26.2 Å². The number of benzene rings is 1. The van der Waals surface area contributed by atoms with Crippen molar-refractivity contribution in [3.63, 3.8) is 0 Å². The number of nitrogens with one attached hydrogen (secondary N) is 2. The molecule has 0 saturated carbocycles. The van der Waals surface area contributed by atoms with E-state index in [1.807, 2.05) is 53.5 Å². The predicted octanol–water partition coefficient (Wildman–Crippen LogP) is 1.61. The van der Waals surface area contributed by atoms with Crippen LogP contribution in [0.15, 0.2) is 54.9 Å². The summed E-state index contributed by atoms with van der Waals surface area (Å²) < 4.78 is 5.36. The number of nitrogens with zero attached hydrogens (tertiary/aromatic N) is 2. The lowest BCUT2D eigenvalue weighted by molar-refractivity contribution is -0.133. The van der Waals surface area contributed by atoms with Crippen LogP contribution in [0.25, 0.3) is 6.08 Å². The van der Waals surface area contributed by atoms with Crippen molar-refractivity contribution in [2.45, 2.75) is 19.0 Å². The lowest BCUT2D eigenvalue weighted by atomic mass is 10.1. The Kier molecular flexibility index (Phi) is 7.35. The quantitative estimate of drug-likeness (QED) is 0.711. The Morgan fingerprint density at radius 2 is 2.21 bits per heavy atom. The van der Waals surface area contributed by atoms with Gasteiger partial charge < -0.3 is 15.4 Å². The fraction of sp³-hybridized carbons (Fsp3) is 0.318. The van der Waals surface area contributed by atoms with Gasteiger partial charge in [0.2, 0.25) is 11.8 Å². The number of piperazine rings is 1. The number of para-hydroxylation sites is 1. The van der Waals surface area contributed by atoms with Crippen LogP contribution in [-0.2, 0) is 16.1 Å². The molecule has 1 fully saturated rings. The van der Waals surface area contributed by atoms with Crippen LogP contribution in [-0.4, -0.2) is 54.5 Å². The maximum absolute atomic E-state index is 12.4. The lowest BCUT2D eigenvalue weighted by Gasteiger charge is -2.33. The average Bonchev–Trinajstić information content (AvgIpc) is 2.75. The van der Waals surface area contributed by atoms with Crippen LogP contribution < -0.4 is 15.4 Å². The van der Waals surface area contributed by atoms with Gasteiger partial charge in [0.15, 0.2) is 0 Å². The first-order valence-corrected chi connectivity index (χ1v) is 9.64. The second-order valence-electron chi connectivity index (χ2n) is 6.79. The molecule has 0 spiro atoms. The number of methoxy groups -OCH3 is 1. The summed E-state index contributed by atoms with van der Waals surface area (Å²) in [4.78, 5) is 30.8. The molecule has 1 atom stereocenters. The van der Waals surface area contributed by atoms with Gasteiger partial charge in [0.05, 0.1) is 19.6 Å². The summed E-state index contributed by atoms with van der Waals surface area (Å²) >= 11 is 0. The minimum absolute atomic E-state index is 0.113. The zero-order valence-corrected chi connectivity index (χ0v) is 16.5. The van der Waals surface area contributed by atoms with Crippen LogP contribution in [0.2, 0.25) is 0 Å². The van der Waals surface area contributed by atoms with E-state index in [2.05, 4.69) is 15.6 Å². The van der Waals surface area contributed by atoms with Crippen molar-refractivity contribution in [2.75, 3.05) is 26.7 Å². The van der Waals surface area contributed by atoms with Gasteiger partial charge in [-0.15, -0.1) is 0 Å². The Labute approximate surface area is 170 Å². The molecule has 2 heterocycles. The molecule has 1 aliphatic rings. The van der Waals surface area contributed by atoms with Crippen LogP contribution in [0.4, 0.5) is 0 Å². The molecule has 1 aromatic carbocycles. The van der Waals surface area contributed by atoms with Crippen LogP contribution in [0.5, 0.6) is 5.75 Å². The Balaban J connectivity index is 1.57. The minimum atomic E-state index is -0.486. The van der Waals surface area contributed by atoms with Gasteiger partial charge in [-0.05, 0) is 17.7 Å². The molecular formula is C22H26N4O3. The fourth-order valence-electron chi connectivity index (χ4n) is 3.27. The van der Waals surface area contributed by atoms with Gasteiger partial charge >= 0.3 is 0 Å². The van der Waals surface area contributed by atoms with Crippen molar-refractivity contribution in [3.8, 4) is 5.75 Å². The summed E-state index contributed by atoms with van der Waals surface area (Å²) in [6.07, 6.45) is 7.49. The molecule has 29 heavy (non-hydrogen) atoms. The molecule has 3 rings (SSSR count). The Morgan fingerprint density at radius 1 is 1.34 bits per heavy atom. The average molecular weight is 394 g/mol. The topological polar surface area (TPSA) is 83.6 Å². The maximum atomic E-state index is 12.4. The molecule has 1 saturated heterocycles. The number of hydrogen-bond acceptors (Lipinski definition) is 5. The normalized spacial score (nSPS) is 17.1. The molecule has 2 amide bonds. The molecular weight excluding hydrogens is 368 g/mol. The van der Waals surface area contributed by atoms with Crippen molar-refractivity contribution in [1.82, 2.24) is 20.5 Å². The molecule has 1 aromatic heterocycles. The molecule has 2 aromatic rings. The predicted molar refractivity (Wildman–Crippen MR) is 111 cm³/mol. The molecule has 0 bridgehead atoms. The number of carbonyl (C=O) groups excluding carboxylic acids is 2. The van der Waals surface area contributed by atoms with Gasteiger partial charge in [-0.1, -0.05) is 36.4 Å². The third kappa shape index (κ3) is 5.89. The van der Waals surface area contributed by atoms with Crippen molar-refractivity contribution in [3.05, 3.63) is 66.0 Å². The van der Waals surface area contributed by atoms with E-state index in [-0.39, 0.29) is 18.2 Å². The van der Waals surface area contributed by atoms with E-state index in [0.717, 1.165) is 16.9 Å². The van der Waals surface area contributed by atoms with Crippen LogP contribution in [0, 0.1) is 0 Å². The zero-order chi connectivity index (χ0) is 20.5. The molecule has 0 radical (unpaired) electrons. The largest absolute Gasteiger partial charge is 0.496 e. The first-order valence-electron chi connectivity index (χ1n) is 9.64. The van der Waals surface area contributed by atoms with E-state index in [9.17, 15) is 9.59 Å². The number of aromatic nitrogens is 1. The van der Waals surface area contributed by atoms with Gasteiger partial charge in [0, 0.05) is 44.1 Å². The highest BCUT2D eigenvalue weighted by Gasteiger charge is 2.30. The number of ether oxygens (including phenoxy) is 1. The Bertz CT molecular complexity index is 854. The SMILES string of the molecule is COc1ccccc1/C=C/CN1CCNC(=O)C1CC(=O)NCc1cccnc1. The minimum Gasteiger partial charge on any atom is -0.496 e. The van der Waals surface area contributed by atoms with Crippen LogP contribution in [0.1, 0.15) is 17.5 Å². The van der Waals surface area contributed by atoms with E-state index in [1.165, 1.54) is 0 Å². The number of amides is 2. The summed E-state index contributed by atoms with van der Waals surface area (Å²) in [7, 11) is 1.64. The third-order valence-electron chi connectivity index (χ3n) is 4.81. The van der Waals surface area contributed by atoms with Gasteiger partial charge in [-0.2, -0.15) is 0 Å². The highest BCUT2D eigenvalue weighted by atomic mass is 16.5. The summed E-state index contributed by atoms with van der Waals surface area (Å²) in [6, 6.07) is 11.0. The maximum Gasteiger partial charge on any atom is 0.237 e. The van der Waals surface area contributed by atoms with Crippen LogP contribution >= 0.6 is 0 Å². The third-order valence-corrected chi connectivity index (χ3v) is 4.81. The van der Waals surface area contributed by atoms with Gasteiger partial charge in [0.1, 0.15) is 5.75 Å². The second kappa shape index (κ2) is 10.4. The van der Waals surface area contributed by atoms with E-state index < -0.39 is 6.04 Å². The van der Waals surface area contributed by atoms with E-state index in [4.69, 9.17) is 4.74 Å². The molecule has 7 heteroatoms. The molecule has 0 aliphatic carbocycles. The van der Waals surface area contributed by atoms with E-state index in [1.54, 1.807) is 19.5 Å². The van der Waals surface area contributed by atoms with Crippen molar-refractivity contribution < 1.29 is 14.3 Å². The van der Waals surface area contributed by atoms with E-state index >= 15 is 0 Å². The Hall–Kier alpha value is -3.19. The standard InChI is InChI=1S/C22H26N4O3/c1-29-20-9-3-2-7-18(20)8-5-12-26-13-11-24-22(28)19(26)14-21(27)25-16-17-6-4-10-23-15-17/h2-10,15,19H,11-14,16H2,1H3,(H,24,28)(H,25,27)/b8-5+. The summed E-state index contributed by atoms with van der Waals surface area (Å²) in [5, 5.41) is 5.72. The van der Waals surface area contributed by atoms with Crippen molar-refractivity contribution in [1.29, 1.82) is 0 Å². The summed E-state index contributed by atoms with van der Waals surface area (Å²) in [6.45, 7) is 2.25. The first-order chi connectivity index (χ1) is 14.2. The second-order valence-corrected chi connectivity index (χ2v) is 6.79.